The standard InChI is InChI=1S/C44H33N3/c1-44(2)36-22-12-21-35(39(36)40-37(44)26-25-30-24-23-29-15-9-10-20-34(29)38(30)40)43-46-41(31-16-7-4-8-17-31)45-42(47-43)33-19-11-18-32(27-33)28-13-5-3-6-14-28/h3-22,25-27H,23-24H2,1-2H3. The lowest BCUT2D eigenvalue weighted by Crippen LogP contribution is -2.15. The lowest BCUT2D eigenvalue weighted by atomic mass is 9.78. The van der Waals surface area contributed by atoms with Gasteiger partial charge < -0.3 is 0 Å². The molecule has 3 heteroatoms. The van der Waals surface area contributed by atoms with Gasteiger partial charge in [-0.15, -0.1) is 0 Å². The van der Waals surface area contributed by atoms with Crippen LogP contribution in [0.1, 0.15) is 36.1 Å². The van der Waals surface area contributed by atoms with Crippen molar-refractivity contribution in [2.75, 3.05) is 0 Å². The molecule has 0 bridgehead atoms. The summed E-state index contributed by atoms with van der Waals surface area (Å²) in [6.07, 6.45) is 2.11. The number of aryl methyl sites for hydroxylation is 2. The Labute approximate surface area is 275 Å². The van der Waals surface area contributed by atoms with Crippen LogP contribution in [0.3, 0.4) is 0 Å². The molecule has 0 N–H and O–H groups in total. The normalized spacial score (nSPS) is 13.7. The molecule has 224 valence electrons. The highest BCUT2D eigenvalue weighted by Gasteiger charge is 2.40. The summed E-state index contributed by atoms with van der Waals surface area (Å²) in [6, 6.07) is 49.6. The molecular weight excluding hydrogens is 571 g/mol. The first-order valence-electron chi connectivity index (χ1n) is 16.4. The van der Waals surface area contributed by atoms with Crippen molar-refractivity contribution in [3.8, 4) is 67.5 Å². The smallest absolute Gasteiger partial charge is 0.164 e. The summed E-state index contributed by atoms with van der Waals surface area (Å²) in [4.78, 5) is 15.6. The molecule has 1 aromatic heterocycles. The maximum atomic E-state index is 5.27. The second kappa shape index (κ2) is 10.7. The zero-order valence-electron chi connectivity index (χ0n) is 26.5. The Morgan fingerprint density at radius 1 is 0.404 bits per heavy atom. The SMILES string of the molecule is CC1(C)c2cccc(-c3nc(-c4ccccc4)nc(-c4cccc(-c5ccccc5)c4)n3)c2-c2c1ccc1c2-c2ccccc2CC1. The fourth-order valence-electron chi connectivity index (χ4n) is 7.68. The Kier molecular flexibility index (Phi) is 6.29. The van der Waals surface area contributed by atoms with E-state index in [1.165, 1.54) is 44.5 Å². The number of nitrogens with zero attached hydrogens (tertiary/aromatic N) is 3. The van der Waals surface area contributed by atoms with Crippen LogP contribution in [-0.4, -0.2) is 15.0 Å². The molecule has 1 heterocycles. The molecule has 6 aromatic carbocycles. The molecule has 7 aromatic rings. The van der Waals surface area contributed by atoms with Crippen LogP contribution >= 0.6 is 0 Å². The van der Waals surface area contributed by atoms with E-state index in [4.69, 9.17) is 15.0 Å². The van der Waals surface area contributed by atoms with Crippen molar-refractivity contribution in [2.45, 2.75) is 32.1 Å². The van der Waals surface area contributed by atoms with Crippen LogP contribution in [0, 0.1) is 0 Å². The average molecular weight is 604 g/mol. The van der Waals surface area contributed by atoms with E-state index in [1.807, 2.05) is 24.3 Å². The van der Waals surface area contributed by atoms with Gasteiger partial charge >= 0.3 is 0 Å². The Balaban J connectivity index is 1.30. The van der Waals surface area contributed by atoms with Gasteiger partial charge in [0, 0.05) is 22.1 Å². The molecule has 9 rings (SSSR count). The van der Waals surface area contributed by atoms with Crippen LogP contribution in [0.2, 0.25) is 0 Å². The number of fused-ring (bicyclic) bond motifs is 7. The van der Waals surface area contributed by atoms with Gasteiger partial charge in [0.15, 0.2) is 17.5 Å². The maximum Gasteiger partial charge on any atom is 0.164 e. The minimum absolute atomic E-state index is 0.162. The first kappa shape index (κ1) is 27.6. The highest BCUT2D eigenvalue weighted by atomic mass is 15.0. The molecular formula is C44H33N3. The molecule has 0 saturated heterocycles. The van der Waals surface area contributed by atoms with Crippen LogP contribution in [-0.2, 0) is 18.3 Å². The van der Waals surface area contributed by atoms with Crippen LogP contribution in [0.4, 0.5) is 0 Å². The first-order valence-corrected chi connectivity index (χ1v) is 16.4. The van der Waals surface area contributed by atoms with Crippen molar-refractivity contribution < 1.29 is 0 Å². The van der Waals surface area contributed by atoms with Crippen LogP contribution in [0.15, 0.2) is 140 Å². The topological polar surface area (TPSA) is 38.7 Å². The van der Waals surface area contributed by atoms with Crippen LogP contribution in [0.25, 0.3) is 67.5 Å². The Bertz CT molecular complexity index is 2320. The molecule has 0 fully saturated rings. The Morgan fingerprint density at radius 3 is 1.79 bits per heavy atom. The predicted molar refractivity (Wildman–Crippen MR) is 192 cm³/mol. The fourth-order valence-corrected chi connectivity index (χ4v) is 7.68. The van der Waals surface area contributed by atoms with Gasteiger partial charge in [-0.1, -0.05) is 147 Å². The molecule has 47 heavy (non-hydrogen) atoms. The Hall–Kier alpha value is -5.67. The van der Waals surface area contributed by atoms with E-state index in [2.05, 4.69) is 129 Å². The van der Waals surface area contributed by atoms with E-state index in [0.717, 1.165) is 40.7 Å². The van der Waals surface area contributed by atoms with E-state index < -0.39 is 0 Å². The van der Waals surface area contributed by atoms with Crippen molar-refractivity contribution in [1.82, 2.24) is 15.0 Å². The number of hydrogen-bond donors (Lipinski definition) is 0. The maximum absolute atomic E-state index is 5.27. The van der Waals surface area contributed by atoms with Gasteiger partial charge in [-0.2, -0.15) is 0 Å². The second-order valence-electron chi connectivity index (χ2n) is 13.2. The number of aromatic nitrogens is 3. The van der Waals surface area contributed by atoms with E-state index in [9.17, 15) is 0 Å². The molecule has 0 amide bonds. The van der Waals surface area contributed by atoms with Crippen molar-refractivity contribution in [3.63, 3.8) is 0 Å². The van der Waals surface area contributed by atoms with Crippen molar-refractivity contribution in [3.05, 3.63) is 162 Å². The van der Waals surface area contributed by atoms with Crippen LogP contribution in [0.5, 0.6) is 0 Å². The quantitative estimate of drug-likeness (QED) is 0.201. The van der Waals surface area contributed by atoms with Crippen LogP contribution < -0.4 is 0 Å². The summed E-state index contributed by atoms with van der Waals surface area (Å²) in [7, 11) is 0. The summed E-state index contributed by atoms with van der Waals surface area (Å²) < 4.78 is 0. The van der Waals surface area contributed by atoms with E-state index in [-0.39, 0.29) is 5.41 Å². The average Bonchev–Trinajstić information content (AvgIpc) is 3.38. The van der Waals surface area contributed by atoms with Gasteiger partial charge in [-0.05, 0) is 74.5 Å². The molecule has 0 radical (unpaired) electrons. The minimum atomic E-state index is -0.162. The third kappa shape index (κ3) is 4.45. The molecule has 3 nitrogen and oxygen atoms in total. The minimum Gasteiger partial charge on any atom is -0.208 e. The highest BCUT2D eigenvalue weighted by molar-refractivity contribution is 6.00. The van der Waals surface area contributed by atoms with Gasteiger partial charge in [0.25, 0.3) is 0 Å². The molecule has 0 unspecified atom stereocenters. The van der Waals surface area contributed by atoms with Crippen molar-refractivity contribution >= 4 is 0 Å². The number of hydrogen-bond acceptors (Lipinski definition) is 3. The van der Waals surface area contributed by atoms with Gasteiger partial charge in [0.2, 0.25) is 0 Å². The summed E-state index contributed by atoms with van der Waals surface area (Å²) >= 11 is 0. The molecule has 0 aliphatic heterocycles. The number of benzene rings is 6. The first-order chi connectivity index (χ1) is 23.1. The lowest BCUT2D eigenvalue weighted by Gasteiger charge is -2.25. The highest BCUT2D eigenvalue weighted by Crippen LogP contribution is 2.56. The zero-order chi connectivity index (χ0) is 31.5. The fraction of sp³-hybridized carbons (Fsp3) is 0.114. The van der Waals surface area contributed by atoms with E-state index in [0.29, 0.717) is 17.5 Å². The van der Waals surface area contributed by atoms with Gasteiger partial charge in [0.1, 0.15) is 0 Å². The van der Waals surface area contributed by atoms with Crippen molar-refractivity contribution in [2.24, 2.45) is 0 Å². The van der Waals surface area contributed by atoms with Gasteiger partial charge in [-0.3, -0.25) is 0 Å². The third-order valence-electron chi connectivity index (χ3n) is 10.0. The van der Waals surface area contributed by atoms with E-state index in [1.54, 1.807) is 0 Å². The lowest BCUT2D eigenvalue weighted by molar-refractivity contribution is 0.660. The molecule has 0 atom stereocenters. The van der Waals surface area contributed by atoms with Gasteiger partial charge in [0.05, 0.1) is 0 Å². The number of rotatable bonds is 4. The molecule has 0 saturated carbocycles. The van der Waals surface area contributed by atoms with Gasteiger partial charge in [-0.25, -0.2) is 15.0 Å². The summed E-state index contributed by atoms with van der Waals surface area (Å²) in [5.74, 6) is 2.04. The molecule has 0 spiro atoms. The molecule has 2 aliphatic carbocycles. The molecule has 2 aliphatic rings. The van der Waals surface area contributed by atoms with E-state index >= 15 is 0 Å². The predicted octanol–water partition coefficient (Wildman–Crippen LogP) is 10.6. The van der Waals surface area contributed by atoms with Crippen molar-refractivity contribution in [1.29, 1.82) is 0 Å². The second-order valence-corrected chi connectivity index (χ2v) is 13.2. The Morgan fingerprint density at radius 2 is 0.979 bits per heavy atom. The third-order valence-corrected chi connectivity index (χ3v) is 10.0. The summed E-state index contributed by atoms with van der Waals surface area (Å²) in [6.45, 7) is 4.71. The summed E-state index contributed by atoms with van der Waals surface area (Å²) in [5.41, 5.74) is 15.9. The largest absolute Gasteiger partial charge is 0.208 e. The summed E-state index contributed by atoms with van der Waals surface area (Å²) in [5, 5.41) is 0. The monoisotopic (exact) mass is 603 g/mol. The zero-order valence-corrected chi connectivity index (χ0v) is 26.5.